The fraction of sp³-hybridized carbons (Fsp3) is 0.609. The molecule has 3 amide bonds. The Labute approximate surface area is 197 Å². The molecular weight excluding hydrogens is 450 g/mol. The summed E-state index contributed by atoms with van der Waals surface area (Å²) in [4.78, 5) is 42.0. The number of benzene rings is 1. The largest absolute Gasteiger partial charge is 0.394 e. The molecule has 3 aliphatic heterocycles. The summed E-state index contributed by atoms with van der Waals surface area (Å²) in [5, 5.41) is 16.3. The molecule has 2 unspecified atom stereocenters. The lowest BCUT2D eigenvalue weighted by Gasteiger charge is -2.39. The van der Waals surface area contributed by atoms with Gasteiger partial charge in [-0.05, 0) is 30.9 Å². The molecule has 0 aromatic heterocycles. The first-order valence-corrected chi connectivity index (χ1v) is 12.4. The molecule has 0 saturated carbocycles. The van der Waals surface area contributed by atoms with Gasteiger partial charge < -0.3 is 20.6 Å². The summed E-state index contributed by atoms with van der Waals surface area (Å²) in [5.74, 6) is -1.73. The van der Waals surface area contributed by atoms with Gasteiger partial charge in [0.1, 0.15) is 6.04 Å². The number of halogens is 1. The van der Waals surface area contributed by atoms with Gasteiger partial charge in [0.2, 0.25) is 17.7 Å². The Hall–Kier alpha value is -1.77. The van der Waals surface area contributed by atoms with Crippen molar-refractivity contribution in [2.24, 2.45) is 17.8 Å². The number of aliphatic hydroxyl groups excluding tert-OH is 1. The number of amides is 3. The summed E-state index contributed by atoms with van der Waals surface area (Å²) in [7, 11) is 1.58. The van der Waals surface area contributed by atoms with Crippen LogP contribution in [-0.4, -0.2) is 63.5 Å². The first kappa shape index (κ1) is 23.4. The molecule has 7 atom stereocenters. The zero-order chi connectivity index (χ0) is 23.2. The van der Waals surface area contributed by atoms with Crippen LogP contribution < -0.4 is 10.6 Å². The quantitative estimate of drug-likeness (QED) is 0.558. The maximum Gasteiger partial charge on any atom is 0.248 e. The Bertz CT molecular complexity index is 930. The highest BCUT2D eigenvalue weighted by molar-refractivity contribution is 8.02. The Morgan fingerprint density at radius 2 is 2.06 bits per heavy atom. The number of likely N-dealkylation sites (tertiary alicyclic amines) is 1. The van der Waals surface area contributed by atoms with Crippen LogP contribution in [0.4, 0.5) is 5.69 Å². The van der Waals surface area contributed by atoms with E-state index in [9.17, 15) is 19.5 Å². The van der Waals surface area contributed by atoms with Gasteiger partial charge in [-0.2, -0.15) is 0 Å². The van der Waals surface area contributed by atoms with E-state index in [1.807, 2.05) is 13.8 Å². The van der Waals surface area contributed by atoms with Gasteiger partial charge in [0.25, 0.3) is 0 Å². The van der Waals surface area contributed by atoms with E-state index in [4.69, 9.17) is 11.6 Å². The van der Waals surface area contributed by atoms with Crippen molar-refractivity contribution < 1.29 is 19.5 Å². The Balaban J connectivity index is 1.78. The van der Waals surface area contributed by atoms with Gasteiger partial charge in [-0.3, -0.25) is 14.4 Å². The van der Waals surface area contributed by atoms with E-state index < -0.39 is 28.7 Å². The van der Waals surface area contributed by atoms with Gasteiger partial charge in [0.15, 0.2) is 0 Å². The first-order chi connectivity index (χ1) is 15.3. The molecule has 2 bridgehead atoms. The van der Waals surface area contributed by atoms with E-state index in [2.05, 4.69) is 10.6 Å². The average Bonchev–Trinajstić information content (AvgIpc) is 3.43. The summed E-state index contributed by atoms with van der Waals surface area (Å²) in [6.07, 6.45) is 2.21. The van der Waals surface area contributed by atoms with Crippen LogP contribution in [0.3, 0.4) is 0 Å². The number of anilines is 1. The molecule has 1 aromatic carbocycles. The second kappa shape index (κ2) is 8.88. The topological polar surface area (TPSA) is 98.7 Å². The third-order valence-corrected chi connectivity index (χ3v) is 9.79. The van der Waals surface area contributed by atoms with E-state index in [0.717, 1.165) is 12.8 Å². The number of nitrogens with one attached hydrogen (secondary N) is 2. The van der Waals surface area contributed by atoms with Crippen molar-refractivity contribution in [1.29, 1.82) is 0 Å². The van der Waals surface area contributed by atoms with Crippen molar-refractivity contribution in [2.45, 2.75) is 55.2 Å². The smallest absolute Gasteiger partial charge is 0.248 e. The van der Waals surface area contributed by atoms with Crippen LogP contribution in [0.5, 0.6) is 0 Å². The van der Waals surface area contributed by atoms with Crippen LogP contribution in [0.1, 0.15) is 33.1 Å². The molecule has 174 valence electrons. The van der Waals surface area contributed by atoms with Crippen molar-refractivity contribution in [3.63, 3.8) is 0 Å². The van der Waals surface area contributed by atoms with Gasteiger partial charge in [-0.15, -0.1) is 11.8 Å². The summed E-state index contributed by atoms with van der Waals surface area (Å²) in [6, 6.07) is 5.70. The molecule has 1 aromatic rings. The third-order valence-electron chi connectivity index (χ3n) is 7.51. The number of hydrogen-bond donors (Lipinski definition) is 3. The fourth-order valence-electron chi connectivity index (χ4n) is 5.79. The first-order valence-electron chi connectivity index (χ1n) is 11.2. The van der Waals surface area contributed by atoms with E-state index >= 15 is 0 Å². The zero-order valence-electron chi connectivity index (χ0n) is 18.5. The van der Waals surface area contributed by atoms with E-state index in [-0.39, 0.29) is 35.5 Å². The maximum atomic E-state index is 13.9. The lowest BCUT2D eigenvalue weighted by atomic mass is 9.70. The minimum absolute atomic E-state index is 0.00422. The summed E-state index contributed by atoms with van der Waals surface area (Å²) < 4.78 is -0.689. The molecule has 3 aliphatic rings. The number of aliphatic hydroxyl groups is 1. The van der Waals surface area contributed by atoms with Crippen LogP contribution in [0, 0.1) is 17.8 Å². The maximum absolute atomic E-state index is 13.9. The van der Waals surface area contributed by atoms with Gasteiger partial charge in [0, 0.05) is 12.3 Å². The summed E-state index contributed by atoms with van der Waals surface area (Å²) in [6.45, 7) is 3.74. The average molecular weight is 480 g/mol. The molecule has 32 heavy (non-hydrogen) atoms. The minimum atomic E-state index is -0.785. The molecule has 3 fully saturated rings. The van der Waals surface area contributed by atoms with Crippen molar-refractivity contribution in [3.8, 4) is 0 Å². The molecule has 3 heterocycles. The lowest BCUT2D eigenvalue weighted by Crippen LogP contribution is -2.56. The highest BCUT2D eigenvalue weighted by atomic mass is 35.5. The number of rotatable bonds is 7. The molecule has 3 N–H and O–H groups in total. The Kier molecular flexibility index (Phi) is 6.49. The van der Waals surface area contributed by atoms with E-state index in [1.165, 1.54) is 0 Å². The third kappa shape index (κ3) is 3.42. The second-order valence-corrected chi connectivity index (χ2v) is 11.0. The number of hydrogen-bond acceptors (Lipinski definition) is 5. The van der Waals surface area contributed by atoms with Crippen molar-refractivity contribution >= 4 is 46.8 Å². The van der Waals surface area contributed by atoms with Gasteiger partial charge in [0.05, 0.1) is 39.9 Å². The van der Waals surface area contributed by atoms with Gasteiger partial charge in [-0.1, -0.05) is 44.0 Å². The van der Waals surface area contributed by atoms with Crippen LogP contribution >= 0.6 is 23.4 Å². The molecule has 0 radical (unpaired) electrons. The molecule has 7 nitrogen and oxygen atoms in total. The summed E-state index contributed by atoms with van der Waals surface area (Å²) >= 11 is 7.89. The Morgan fingerprint density at radius 1 is 1.34 bits per heavy atom. The predicted octanol–water partition coefficient (Wildman–Crippen LogP) is 2.52. The lowest BCUT2D eigenvalue weighted by molar-refractivity contribution is -0.143. The number of fused-ring (bicyclic) bond motifs is 1. The molecule has 9 heteroatoms. The molecule has 4 rings (SSSR count). The van der Waals surface area contributed by atoms with Gasteiger partial charge in [-0.25, -0.2) is 0 Å². The van der Waals surface area contributed by atoms with Crippen LogP contribution in [0.2, 0.25) is 5.02 Å². The number of nitrogens with zero attached hydrogens (tertiary/aromatic N) is 1. The molecule has 3 saturated heterocycles. The van der Waals surface area contributed by atoms with Crippen molar-refractivity contribution in [3.05, 3.63) is 29.3 Å². The fourth-order valence-corrected chi connectivity index (χ4v) is 8.18. The monoisotopic (exact) mass is 479 g/mol. The zero-order valence-corrected chi connectivity index (χ0v) is 20.1. The molecular formula is C23H30ClN3O4S. The molecule has 1 spiro atoms. The highest BCUT2D eigenvalue weighted by Gasteiger charge is 2.74. The van der Waals surface area contributed by atoms with Crippen molar-refractivity contribution in [1.82, 2.24) is 10.2 Å². The number of para-hydroxylation sites is 1. The predicted molar refractivity (Wildman–Crippen MR) is 125 cm³/mol. The number of carbonyl (C=O) groups excluding carboxylic acids is 3. The standard InChI is InChI=1S/C23H30ClN3O4S/c1-4-12(2)15(11-28)27-19(21(30)26-14-8-6-5-7-13(14)24)23-10-9-16(32-23)17(20(29)25-3)18(23)22(27)31/h5-8,12,15-19,28H,4,9-11H2,1-3H3,(H,25,29)(H,26,30)/t12-,15-,16-,17+,18-,19?,23?/m0/s1. The van der Waals surface area contributed by atoms with Crippen LogP contribution in [0.15, 0.2) is 24.3 Å². The van der Waals surface area contributed by atoms with Gasteiger partial charge >= 0.3 is 0 Å². The second-order valence-electron chi connectivity index (χ2n) is 9.02. The van der Waals surface area contributed by atoms with Crippen molar-refractivity contribution in [2.75, 3.05) is 19.0 Å². The van der Waals surface area contributed by atoms with E-state index in [1.54, 1.807) is 48.0 Å². The number of thioether (sulfide) groups is 1. The van der Waals surface area contributed by atoms with Crippen LogP contribution in [0.25, 0.3) is 0 Å². The van der Waals surface area contributed by atoms with E-state index in [0.29, 0.717) is 17.1 Å². The summed E-state index contributed by atoms with van der Waals surface area (Å²) in [5.41, 5.74) is 0.482. The normalized spacial score (nSPS) is 32.5. The molecule has 0 aliphatic carbocycles. The highest BCUT2D eigenvalue weighted by Crippen LogP contribution is 2.66. The number of carbonyl (C=O) groups is 3. The SMILES string of the molecule is CC[C@H](C)[C@H](CO)N1C(=O)[C@@H]2[C@H](C(=O)NC)[C@@H]3CCC2(S3)C1C(=O)Nc1ccccc1Cl. The minimum Gasteiger partial charge on any atom is -0.394 e. The Morgan fingerprint density at radius 3 is 2.69 bits per heavy atom. The van der Waals surface area contributed by atoms with Crippen LogP contribution in [-0.2, 0) is 14.4 Å².